The molecule has 0 fully saturated rings. The molecule has 0 aliphatic rings. The Morgan fingerprint density at radius 3 is 2.26 bits per heavy atom. The van der Waals surface area contributed by atoms with Crippen LogP contribution in [0.5, 0.6) is 11.5 Å². The number of para-hydroxylation sites is 1. The summed E-state index contributed by atoms with van der Waals surface area (Å²) < 4.78 is 10.7. The van der Waals surface area contributed by atoms with Gasteiger partial charge in [0, 0.05) is 0 Å². The molecule has 0 saturated carbocycles. The van der Waals surface area contributed by atoms with E-state index >= 15 is 0 Å². The zero-order valence-corrected chi connectivity index (χ0v) is 13.8. The minimum absolute atomic E-state index is 0.0400. The van der Waals surface area contributed by atoms with Crippen molar-refractivity contribution in [2.24, 2.45) is 0 Å². The molecular formula is C19H23NO3. The zero-order chi connectivity index (χ0) is 16.7. The SMILES string of the molecule is COc1ccc(C(C)(C)NC(=O)CCOc2ccccc2)cc1. The molecule has 2 aromatic rings. The number of nitrogens with one attached hydrogen (secondary N) is 1. The molecule has 0 spiro atoms. The molecule has 0 aliphatic carbocycles. The van der Waals surface area contributed by atoms with Crippen molar-refractivity contribution in [2.75, 3.05) is 13.7 Å². The van der Waals surface area contributed by atoms with Crippen LogP contribution in [0, 0.1) is 0 Å². The summed E-state index contributed by atoms with van der Waals surface area (Å²) in [6.07, 6.45) is 0.314. The number of carbonyl (C=O) groups excluding carboxylic acids is 1. The fourth-order valence-electron chi connectivity index (χ4n) is 2.27. The summed E-state index contributed by atoms with van der Waals surface area (Å²) in [7, 11) is 1.63. The molecule has 0 aliphatic heterocycles. The van der Waals surface area contributed by atoms with Crippen LogP contribution in [0.1, 0.15) is 25.8 Å². The third-order valence-corrected chi connectivity index (χ3v) is 3.60. The number of carbonyl (C=O) groups is 1. The van der Waals surface area contributed by atoms with Gasteiger partial charge in [0.2, 0.25) is 5.91 Å². The van der Waals surface area contributed by atoms with E-state index < -0.39 is 5.54 Å². The zero-order valence-electron chi connectivity index (χ0n) is 13.8. The maximum atomic E-state index is 12.1. The number of ether oxygens (including phenoxy) is 2. The van der Waals surface area contributed by atoms with E-state index in [9.17, 15) is 4.79 Å². The van der Waals surface area contributed by atoms with Crippen LogP contribution < -0.4 is 14.8 Å². The van der Waals surface area contributed by atoms with Crippen LogP contribution in [-0.2, 0) is 10.3 Å². The van der Waals surface area contributed by atoms with Crippen LogP contribution in [0.4, 0.5) is 0 Å². The third-order valence-electron chi connectivity index (χ3n) is 3.60. The second kappa shape index (κ2) is 7.68. The highest BCUT2D eigenvalue weighted by Crippen LogP contribution is 2.22. The molecule has 0 unspecified atom stereocenters. The first-order valence-electron chi connectivity index (χ1n) is 7.64. The first-order valence-corrected chi connectivity index (χ1v) is 7.64. The quantitative estimate of drug-likeness (QED) is 0.851. The standard InChI is InChI=1S/C19H23NO3/c1-19(2,15-9-11-16(22-3)12-10-15)20-18(21)13-14-23-17-7-5-4-6-8-17/h4-12H,13-14H2,1-3H3,(H,20,21). The van der Waals surface area contributed by atoms with Gasteiger partial charge < -0.3 is 14.8 Å². The number of hydrogen-bond acceptors (Lipinski definition) is 3. The second-order valence-corrected chi connectivity index (χ2v) is 5.81. The Morgan fingerprint density at radius 1 is 1.00 bits per heavy atom. The lowest BCUT2D eigenvalue weighted by molar-refractivity contribution is -0.123. The first kappa shape index (κ1) is 16.9. The number of methoxy groups -OCH3 is 1. The average Bonchev–Trinajstić information content (AvgIpc) is 2.55. The monoisotopic (exact) mass is 313 g/mol. The third kappa shape index (κ3) is 5.02. The van der Waals surface area contributed by atoms with Gasteiger partial charge in [-0.05, 0) is 43.7 Å². The van der Waals surface area contributed by atoms with Crippen molar-refractivity contribution in [3.63, 3.8) is 0 Å². The van der Waals surface area contributed by atoms with Crippen molar-refractivity contribution in [1.29, 1.82) is 0 Å². The Bertz CT molecular complexity index is 621. The minimum Gasteiger partial charge on any atom is -0.497 e. The van der Waals surface area contributed by atoms with Crippen LogP contribution in [0.15, 0.2) is 54.6 Å². The molecule has 0 aromatic heterocycles. The van der Waals surface area contributed by atoms with Crippen LogP contribution >= 0.6 is 0 Å². The highest BCUT2D eigenvalue weighted by atomic mass is 16.5. The predicted molar refractivity (Wildman–Crippen MR) is 90.7 cm³/mol. The fraction of sp³-hybridized carbons (Fsp3) is 0.316. The molecule has 1 N–H and O–H groups in total. The van der Waals surface area contributed by atoms with Gasteiger partial charge in [0.05, 0.1) is 25.7 Å². The lowest BCUT2D eigenvalue weighted by Gasteiger charge is -2.27. The van der Waals surface area contributed by atoms with E-state index in [2.05, 4.69) is 5.32 Å². The van der Waals surface area contributed by atoms with Crippen LogP contribution in [0.25, 0.3) is 0 Å². The number of hydrogen-bond donors (Lipinski definition) is 1. The van der Waals surface area contributed by atoms with Gasteiger partial charge in [0.25, 0.3) is 0 Å². The van der Waals surface area contributed by atoms with Gasteiger partial charge in [-0.2, -0.15) is 0 Å². The van der Waals surface area contributed by atoms with Crippen molar-refractivity contribution in [1.82, 2.24) is 5.32 Å². The highest BCUT2D eigenvalue weighted by Gasteiger charge is 2.22. The van der Waals surface area contributed by atoms with Crippen molar-refractivity contribution >= 4 is 5.91 Å². The molecule has 23 heavy (non-hydrogen) atoms. The molecule has 122 valence electrons. The predicted octanol–water partition coefficient (Wildman–Crippen LogP) is 3.52. The Hall–Kier alpha value is -2.49. The summed E-state index contributed by atoms with van der Waals surface area (Å²) in [6.45, 7) is 4.31. The van der Waals surface area contributed by atoms with Crippen molar-refractivity contribution in [2.45, 2.75) is 25.8 Å². The van der Waals surface area contributed by atoms with Gasteiger partial charge in [-0.25, -0.2) is 0 Å². The summed E-state index contributed by atoms with van der Waals surface area (Å²) in [5.41, 5.74) is 0.575. The summed E-state index contributed by atoms with van der Waals surface area (Å²) in [6, 6.07) is 17.2. The number of rotatable bonds is 7. The molecule has 0 bridgehead atoms. The Kier molecular flexibility index (Phi) is 5.63. The Morgan fingerprint density at radius 2 is 1.65 bits per heavy atom. The largest absolute Gasteiger partial charge is 0.497 e. The molecule has 0 radical (unpaired) electrons. The average molecular weight is 313 g/mol. The molecule has 4 nitrogen and oxygen atoms in total. The van der Waals surface area contributed by atoms with Gasteiger partial charge in [-0.15, -0.1) is 0 Å². The van der Waals surface area contributed by atoms with E-state index in [1.54, 1.807) is 7.11 Å². The van der Waals surface area contributed by atoms with Crippen LogP contribution in [0.2, 0.25) is 0 Å². The minimum atomic E-state index is -0.448. The van der Waals surface area contributed by atoms with Gasteiger partial charge in [-0.1, -0.05) is 30.3 Å². The van der Waals surface area contributed by atoms with E-state index in [4.69, 9.17) is 9.47 Å². The van der Waals surface area contributed by atoms with Crippen LogP contribution in [-0.4, -0.2) is 19.6 Å². The van der Waals surface area contributed by atoms with Gasteiger partial charge in [0.15, 0.2) is 0 Å². The van der Waals surface area contributed by atoms with Crippen molar-refractivity contribution in [3.05, 3.63) is 60.2 Å². The van der Waals surface area contributed by atoms with Crippen LogP contribution in [0.3, 0.4) is 0 Å². The molecule has 1 amide bonds. The van der Waals surface area contributed by atoms with Crippen molar-refractivity contribution < 1.29 is 14.3 Å². The molecule has 4 heteroatoms. The maximum Gasteiger partial charge on any atom is 0.224 e. The number of amides is 1. The van der Waals surface area contributed by atoms with Gasteiger partial charge in [0.1, 0.15) is 11.5 Å². The summed E-state index contributed by atoms with van der Waals surface area (Å²) in [4.78, 5) is 12.1. The van der Waals surface area contributed by atoms with E-state index in [1.807, 2.05) is 68.4 Å². The second-order valence-electron chi connectivity index (χ2n) is 5.81. The first-order chi connectivity index (χ1) is 11.0. The van der Waals surface area contributed by atoms with E-state index in [0.29, 0.717) is 13.0 Å². The molecule has 0 atom stereocenters. The number of benzene rings is 2. The lowest BCUT2D eigenvalue weighted by Crippen LogP contribution is -2.41. The van der Waals surface area contributed by atoms with Gasteiger partial charge >= 0.3 is 0 Å². The van der Waals surface area contributed by atoms with E-state index in [0.717, 1.165) is 17.1 Å². The summed E-state index contributed by atoms with van der Waals surface area (Å²) >= 11 is 0. The van der Waals surface area contributed by atoms with E-state index in [-0.39, 0.29) is 5.91 Å². The molecule has 0 heterocycles. The molecule has 0 saturated heterocycles. The van der Waals surface area contributed by atoms with E-state index in [1.165, 1.54) is 0 Å². The maximum absolute atomic E-state index is 12.1. The molecule has 2 aromatic carbocycles. The fourth-order valence-corrected chi connectivity index (χ4v) is 2.27. The normalized spacial score (nSPS) is 10.9. The summed E-state index contributed by atoms with van der Waals surface area (Å²) in [5.74, 6) is 1.53. The Balaban J connectivity index is 1.85. The smallest absolute Gasteiger partial charge is 0.224 e. The topological polar surface area (TPSA) is 47.6 Å². The molecule has 2 rings (SSSR count). The lowest BCUT2D eigenvalue weighted by atomic mass is 9.94. The highest BCUT2D eigenvalue weighted by molar-refractivity contribution is 5.77. The summed E-state index contributed by atoms with van der Waals surface area (Å²) in [5, 5.41) is 3.04. The van der Waals surface area contributed by atoms with Crippen molar-refractivity contribution in [3.8, 4) is 11.5 Å². The van der Waals surface area contributed by atoms with Gasteiger partial charge in [-0.3, -0.25) is 4.79 Å². The Labute approximate surface area is 137 Å². The molecular weight excluding hydrogens is 290 g/mol.